The van der Waals surface area contributed by atoms with Crippen LogP contribution in [-0.4, -0.2) is 25.9 Å². The van der Waals surface area contributed by atoms with Gasteiger partial charge in [-0.05, 0) is 68.0 Å². The number of amides is 1. The number of nitrogens with zero attached hydrogens (tertiary/aromatic N) is 3. The molecule has 3 rings (SSSR count). The van der Waals surface area contributed by atoms with Gasteiger partial charge >= 0.3 is 0 Å². The SMILES string of the molecule is CCc1ccc(OCc2nnc(SC(C)C(=O)Nc3cc(C)ccc3C)n2CC(C)C)cc1. The Morgan fingerprint density at radius 1 is 1.09 bits per heavy atom. The van der Waals surface area contributed by atoms with Crippen molar-refractivity contribution in [3.63, 3.8) is 0 Å². The zero-order chi connectivity index (χ0) is 24.0. The highest BCUT2D eigenvalue weighted by molar-refractivity contribution is 8.00. The molecule has 3 aromatic rings. The molecule has 33 heavy (non-hydrogen) atoms. The molecule has 176 valence electrons. The van der Waals surface area contributed by atoms with Crippen LogP contribution in [0.1, 0.15) is 50.2 Å². The fraction of sp³-hybridized carbons (Fsp3) is 0.423. The lowest BCUT2D eigenvalue weighted by atomic mass is 10.1. The summed E-state index contributed by atoms with van der Waals surface area (Å²) < 4.78 is 8.04. The first kappa shape index (κ1) is 24.8. The maximum Gasteiger partial charge on any atom is 0.237 e. The van der Waals surface area contributed by atoms with Gasteiger partial charge in [-0.3, -0.25) is 4.79 Å². The lowest BCUT2D eigenvalue weighted by Gasteiger charge is -2.16. The molecule has 0 spiro atoms. The van der Waals surface area contributed by atoms with E-state index in [-0.39, 0.29) is 11.2 Å². The normalized spacial score (nSPS) is 12.1. The Hall–Kier alpha value is -2.80. The van der Waals surface area contributed by atoms with E-state index in [1.807, 2.05) is 51.1 Å². The third kappa shape index (κ3) is 6.84. The molecule has 0 saturated carbocycles. The van der Waals surface area contributed by atoms with Crippen LogP contribution in [0.3, 0.4) is 0 Å². The van der Waals surface area contributed by atoms with E-state index in [1.165, 1.54) is 17.3 Å². The van der Waals surface area contributed by atoms with Gasteiger partial charge in [0.25, 0.3) is 0 Å². The fourth-order valence-electron chi connectivity index (χ4n) is 3.35. The third-order valence-corrected chi connectivity index (χ3v) is 6.42. The molecular weight excluding hydrogens is 432 g/mol. The highest BCUT2D eigenvalue weighted by atomic mass is 32.2. The molecule has 0 fully saturated rings. The minimum atomic E-state index is -0.324. The Morgan fingerprint density at radius 3 is 2.48 bits per heavy atom. The summed E-state index contributed by atoms with van der Waals surface area (Å²) >= 11 is 1.42. The molecule has 1 atom stereocenters. The molecule has 1 unspecified atom stereocenters. The van der Waals surface area contributed by atoms with Gasteiger partial charge in [0.2, 0.25) is 5.91 Å². The summed E-state index contributed by atoms with van der Waals surface area (Å²) in [5.41, 5.74) is 4.28. The maximum absolute atomic E-state index is 12.9. The smallest absolute Gasteiger partial charge is 0.237 e. The molecule has 0 bridgehead atoms. The van der Waals surface area contributed by atoms with Crippen molar-refractivity contribution < 1.29 is 9.53 Å². The summed E-state index contributed by atoms with van der Waals surface area (Å²) in [6, 6.07) is 14.2. The third-order valence-electron chi connectivity index (χ3n) is 5.34. The van der Waals surface area contributed by atoms with Crippen molar-refractivity contribution in [3.8, 4) is 5.75 Å². The second-order valence-corrected chi connectivity index (χ2v) is 10.1. The highest BCUT2D eigenvalue weighted by Crippen LogP contribution is 2.26. The van der Waals surface area contributed by atoms with Crippen LogP contribution in [0.4, 0.5) is 5.69 Å². The Bertz CT molecular complexity index is 1080. The van der Waals surface area contributed by atoms with Gasteiger partial charge in [-0.25, -0.2) is 0 Å². The number of aromatic nitrogens is 3. The van der Waals surface area contributed by atoms with E-state index in [0.717, 1.165) is 46.5 Å². The quantitative estimate of drug-likeness (QED) is 0.382. The minimum absolute atomic E-state index is 0.0541. The van der Waals surface area contributed by atoms with Crippen molar-refractivity contribution in [2.24, 2.45) is 5.92 Å². The molecule has 6 nitrogen and oxygen atoms in total. The number of thioether (sulfide) groups is 1. The monoisotopic (exact) mass is 466 g/mol. The average molecular weight is 467 g/mol. The Balaban J connectivity index is 1.70. The van der Waals surface area contributed by atoms with E-state index >= 15 is 0 Å². The molecule has 7 heteroatoms. The first-order valence-corrected chi connectivity index (χ1v) is 12.3. The number of carbonyl (C=O) groups excluding carboxylic acids is 1. The van der Waals surface area contributed by atoms with Gasteiger partial charge < -0.3 is 14.6 Å². The van der Waals surface area contributed by atoms with Crippen molar-refractivity contribution in [2.75, 3.05) is 5.32 Å². The topological polar surface area (TPSA) is 69.0 Å². The predicted molar refractivity (Wildman–Crippen MR) is 135 cm³/mol. The molecule has 1 heterocycles. The van der Waals surface area contributed by atoms with Crippen molar-refractivity contribution >= 4 is 23.4 Å². The van der Waals surface area contributed by atoms with Gasteiger partial charge in [-0.15, -0.1) is 10.2 Å². The van der Waals surface area contributed by atoms with E-state index < -0.39 is 0 Å². The second-order valence-electron chi connectivity index (χ2n) is 8.76. The lowest BCUT2D eigenvalue weighted by molar-refractivity contribution is -0.115. The van der Waals surface area contributed by atoms with Crippen molar-refractivity contribution in [1.29, 1.82) is 0 Å². The molecule has 1 amide bonds. The van der Waals surface area contributed by atoms with Crippen LogP contribution in [0.15, 0.2) is 47.6 Å². The van der Waals surface area contributed by atoms with Crippen LogP contribution in [0, 0.1) is 19.8 Å². The van der Waals surface area contributed by atoms with E-state index in [1.54, 1.807) is 0 Å². The van der Waals surface area contributed by atoms with Crippen LogP contribution in [0.5, 0.6) is 5.75 Å². The zero-order valence-electron chi connectivity index (χ0n) is 20.4. The van der Waals surface area contributed by atoms with Crippen molar-refractivity contribution in [3.05, 3.63) is 65.0 Å². The number of rotatable bonds is 10. The van der Waals surface area contributed by atoms with Crippen LogP contribution in [0.2, 0.25) is 0 Å². The van der Waals surface area contributed by atoms with Gasteiger partial charge in [0.15, 0.2) is 11.0 Å². The molecular formula is C26H34N4O2S. The van der Waals surface area contributed by atoms with Gasteiger partial charge in [0.1, 0.15) is 12.4 Å². The molecule has 0 radical (unpaired) electrons. The number of nitrogens with one attached hydrogen (secondary N) is 1. The Morgan fingerprint density at radius 2 is 1.82 bits per heavy atom. The number of aryl methyl sites for hydroxylation is 3. The van der Waals surface area contributed by atoms with Crippen LogP contribution >= 0.6 is 11.8 Å². The number of carbonyl (C=O) groups is 1. The van der Waals surface area contributed by atoms with Gasteiger partial charge in [0, 0.05) is 12.2 Å². The number of anilines is 1. The van der Waals surface area contributed by atoms with E-state index in [4.69, 9.17) is 4.74 Å². The Labute approximate surface area is 201 Å². The molecule has 0 aliphatic carbocycles. The van der Waals surface area contributed by atoms with Gasteiger partial charge in [0.05, 0.1) is 5.25 Å². The second kappa shape index (κ2) is 11.4. The van der Waals surface area contributed by atoms with Gasteiger partial charge in [-0.2, -0.15) is 0 Å². The molecule has 2 aromatic carbocycles. The summed E-state index contributed by atoms with van der Waals surface area (Å²) in [5, 5.41) is 12.2. The molecule has 1 N–H and O–H groups in total. The highest BCUT2D eigenvalue weighted by Gasteiger charge is 2.21. The summed E-state index contributed by atoms with van der Waals surface area (Å²) in [4.78, 5) is 12.9. The van der Waals surface area contributed by atoms with Crippen molar-refractivity contribution in [2.45, 2.75) is 71.5 Å². The molecule has 0 aliphatic rings. The van der Waals surface area contributed by atoms with Crippen LogP contribution in [-0.2, 0) is 24.4 Å². The van der Waals surface area contributed by atoms with Crippen molar-refractivity contribution in [1.82, 2.24) is 14.8 Å². The van der Waals surface area contributed by atoms with E-state index in [0.29, 0.717) is 12.5 Å². The zero-order valence-corrected chi connectivity index (χ0v) is 21.2. The molecule has 0 saturated heterocycles. The van der Waals surface area contributed by atoms with Crippen LogP contribution < -0.4 is 10.1 Å². The maximum atomic E-state index is 12.9. The molecule has 1 aromatic heterocycles. The summed E-state index contributed by atoms with van der Waals surface area (Å²) in [6.07, 6.45) is 0.999. The Kier molecular flexibility index (Phi) is 8.55. The summed E-state index contributed by atoms with van der Waals surface area (Å²) in [7, 11) is 0. The van der Waals surface area contributed by atoms with E-state index in [9.17, 15) is 4.79 Å². The minimum Gasteiger partial charge on any atom is -0.486 e. The number of ether oxygens (including phenoxy) is 1. The van der Waals surface area contributed by atoms with Gasteiger partial charge in [-0.1, -0.05) is 56.8 Å². The fourth-order valence-corrected chi connectivity index (χ4v) is 4.22. The average Bonchev–Trinajstić information content (AvgIpc) is 3.15. The van der Waals surface area contributed by atoms with Crippen LogP contribution in [0.25, 0.3) is 0 Å². The summed E-state index contributed by atoms with van der Waals surface area (Å²) in [6.45, 7) is 13.4. The van der Waals surface area contributed by atoms with E-state index in [2.05, 4.69) is 53.0 Å². The predicted octanol–water partition coefficient (Wildman–Crippen LogP) is 5.81. The first-order chi connectivity index (χ1) is 15.8. The summed E-state index contributed by atoms with van der Waals surface area (Å²) in [5.74, 6) is 1.92. The number of hydrogen-bond donors (Lipinski definition) is 1. The standard InChI is InChI=1S/C26H34N4O2S/c1-7-21-10-12-22(13-11-21)32-16-24-28-29-26(30(24)15-17(2)3)33-20(6)25(31)27-23-14-18(4)8-9-19(23)5/h8-14,17,20H,7,15-16H2,1-6H3,(H,27,31). The first-order valence-electron chi connectivity index (χ1n) is 11.4. The lowest BCUT2D eigenvalue weighted by Crippen LogP contribution is -2.23. The largest absolute Gasteiger partial charge is 0.486 e. The number of hydrogen-bond acceptors (Lipinski definition) is 5. The molecule has 0 aliphatic heterocycles. The number of benzene rings is 2.